The van der Waals surface area contributed by atoms with Crippen LogP contribution < -0.4 is 16.4 Å². The lowest BCUT2D eigenvalue weighted by molar-refractivity contribution is 0.687. The summed E-state index contributed by atoms with van der Waals surface area (Å²) >= 11 is 0. The third kappa shape index (κ3) is 4.11. The smallest absolute Gasteiger partial charge is 0.223 e. The zero-order valence-electron chi connectivity index (χ0n) is 8.78. The van der Waals surface area contributed by atoms with Gasteiger partial charge in [-0.15, -0.1) is 0 Å². The summed E-state index contributed by atoms with van der Waals surface area (Å²) in [5, 5.41) is 5.90. The minimum atomic E-state index is -0.804. The molecule has 0 aliphatic carbocycles. The summed E-state index contributed by atoms with van der Waals surface area (Å²) in [5.41, 5.74) is 5.50. The fraction of sp³-hybridized carbons (Fsp3) is 0.500. The third-order valence-electron chi connectivity index (χ3n) is 1.70. The molecule has 1 aromatic heterocycles. The zero-order valence-corrected chi connectivity index (χ0v) is 9.60. The molecule has 0 bridgehead atoms. The van der Waals surface area contributed by atoms with E-state index in [0.717, 1.165) is 0 Å². The quantitative estimate of drug-likeness (QED) is 0.652. The SMILES string of the molecule is CNc1cc(NCCS(C)=O)nc(N)n1. The van der Waals surface area contributed by atoms with Crippen molar-refractivity contribution in [3.8, 4) is 0 Å². The second kappa shape index (κ2) is 5.50. The first-order chi connectivity index (χ1) is 7.11. The van der Waals surface area contributed by atoms with Crippen molar-refractivity contribution in [3.63, 3.8) is 0 Å². The van der Waals surface area contributed by atoms with Crippen LogP contribution >= 0.6 is 0 Å². The van der Waals surface area contributed by atoms with Gasteiger partial charge in [0.15, 0.2) is 0 Å². The lowest BCUT2D eigenvalue weighted by Gasteiger charge is -2.06. The Balaban J connectivity index is 2.60. The number of nitrogen functional groups attached to an aromatic ring is 1. The standard InChI is InChI=1S/C8H15N5OS/c1-10-6-5-7(13-8(9)12-6)11-3-4-15(2)14/h5H,3-4H2,1-2H3,(H4,9,10,11,12,13). The van der Waals surface area contributed by atoms with E-state index in [1.165, 1.54) is 0 Å². The predicted octanol–water partition coefficient (Wildman–Crippen LogP) is -0.109. The second-order valence-electron chi connectivity index (χ2n) is 2.95. The molecule has 0 saturated heterocycles. The molecule has 0 radical (unpaired) electrons. The van der Waals surface area contributed by atoms with E-state index in [0.29, 0.717) is 23.9 Å². The second-order valence-corrected chi connectivity index (χ2v) is 4.51. The van der Waals surface area contributed by atoms with Crippen molar-refractivity contribution in [2.75, 3.05) is 42.0 Å². The number of aromatic nitrogens is 2. The number of anilines is 3. The molecule has 1 heterocycles. The number of rotatable bonds is 5. The highest BCUT2D eigenvalue weighted by molar-refractivity contribution is 7.84. The molecular formula is C8H15N5OS. The van der Waals surface area contributed by atoms with Gasteiger partial charge in [0.2, 0.25) is 5.95 Å². The van der Waals surface area contributed by atoms with Crippen LogP contribution in [0.3, 0.4) is 0 Å². The maximum absolute atomic E-state index is 10.8. The zero-order chi connectivity index (χ0) is 11.3. The summed E-state index contributed by atoms with van der Waals surface area (Å²) in [6.07, 6.45) is 1.66. The molecule has 1 aromatic rings. The molecular weight excluding hydrogens is 214 g/mol. The fourth-order valence-electron chi connectivity index (χ4n) is 1.01. The topological polar surface area (TPSA) is 92.9 Å². The van der Waals surface area contributed by atoms with Gasteiger partial charge in [-0.25, -0.2) is 0 Å². The summed E-state index contributed by atoms with van der Waals surface area (Å²) in [7, 11) is 0.952. The molecule has 0 saturated carbocycles. The van der Waals surface area contributed by atoms with Gasteiger partial charge in [0.1, 0.15) is 11.6 Å². The Morgan fingerprint density at radius 2 is 2.13 bits per heavy atom. The molecule has 7 heteroatoms. The van der Waals surface area contributed by atoms with Gasteiger partial charge in [-0.2, -0.15) is 9.97 Å². The summed E-state index contributed by atoms with van der Waals surface area (Å²) < 4.78 is 10.8. The summed E-state index contributed by atoms with van der Waals surface area (Å²) in [4.78, 5) is 7.95. The van der Waals surface area contributed by atoms with E-state index in [9.17, 15) is 4.21 Å². The minimum Gasteiger partial charge on any atom is -0.373 e. The van der Waals surface area contributed by atoms with Crippen LogP contribution in [0.1, 0.15) is 0 Å². The highest BCUT2D eigenvalue weighted by Crippen LogP contribution is 2.11. The Hall–Kier alpha value is -1.37. The Morgan fingerprint density at radius 1 is 1.47 bits per heavy atom. The van der Waals surface area contributed by atoms with Gasteiger partial charge in [-0.3, -0.25) is 4.21 Å². The van der Waals surface area contributed by atoms with Crippen LogP contribution in [0.5, 0.6) is 0 Å². The van der Waals surface area contributed by atoms with E-state index in [1.807, 2.05) is 0 Å². The monoisotopic (exact) mass is 229 g/mol. The van der Waals surface area contributed by atoms with E-state index in [4.69, 9.17) is 5.73 Å². The Kier molecular flexibility index (Phi) is 4.29. The van der Waals surface area contributed by atoms with E-state index in [2.05, 4.69) is 20.6 Å². The molecule has 6 nitrogen and oxygen atoms in total. The van der Waals surface area contributed by atoms with Crippen LogP contribution in [0.25, 0.3) is 0 Å². The first-order valence-corrected chi connectivity index (χ1v) is 6.20. The molecule has 0 fully saturated rings. The van der Waals surface area contributed by atoms with Gasteiger partial charge in [0.05, 0.1) is 0 Å². The fourth-order valence-corrected chi connectivity index (χ4v) is 1.40. The maximum Gasteiger partial charge on any atom is 0.223 e. The van der Waals surface area contributed by atoms with Gasteiger partial charge in [0.25, 0.3) is 0 Å². The van der Waals surface area contributed by atoms with Crippen molar-refractivity contribution in [1.29, 1.82) is 0 Å². The van der Waals surface area contributed by atoms with Crippen LogP contribution in [0.2, 0.25) is 0 Å². The van der Waals surface area contributed by atoms with E-state index >= 15 is 0 Å². The largest absolute Gasteiger partial charge is 0.373 e. The number of hydrogen-bond acceptors (Lipinski definition) is 6. The van der Waals surface area contributed by atoms with Crippen LogP contribution in [-0.4, -0.2) is 39.8 Å². The molecule has 1 atom stereocenters. The molecule has 1 unspecified atom stereocenters. The maximum atomic E-state index is 10.8. The Labute approximate surface area is 91.1 Å². The van der Waals surface area contributed by atoms with Gasteiger partial charge >= 0.3 is 0 Å². The molecule has 15 heavy (non-hydrogen) atoms. The average molecular weight is 229 g/mol. The first-order valence-electron chi connectivity index (χ1n) is 4.48. The van der Waals surface area contributed by atoms with E-state index < -0.39 is 10.8 Å². The number of nitrogens with one attached hydrogen (secondary N) is 2. The Bertz CT molecular complexity index is 357. The lowest BCUT2D eigenvalue weighted by atomic mass is 10.5. The third-order valence-corrected chi connectivity index (χ3v) is 2.47. The van der Waals surface area contributed by atoms with Gasteiger partial charge in [0, 0.05) is 42.5 Å². The van der Waals surface area contributed by atoms with Crippen molar-refractivity contribution >= 4 is 28.4 Å². The molecule has 4 N–H and O–H groups in total. The molecule has 1 rings (SSSR count). The summed E-state index contributed by atoms with van der Waals surface area (Å²) in [5.74, 6) is 2.08. The normalized spacial score (nSPS) is 12.1. The molecule has 0 aromatic carbocycles. The van der Waals surface area contributed by atoms with E-state index in [-0.39, 0.29) is 5.95 Å². The number of hydrogen-bond donors (Lipinski definition) is 3. The van der Waals surface area contributed by atoms with Crippen LogP contribution in [0.4, 0.5) is 17.6 Å². The summed E-state index contributed by atoms with van der Waals surface area (Å²) in [6, 6.07) is 1.74. The van der Waals surface area contributed by atoms with Crippen molar-refractivity contribution in [1.82, 2.24) is 9.97 Å². The first kappa shape index (κ1) is 11.7. The Morgan fingerprint density at radius 3 is 2.73 bits per heavy atom. The molecule has 0 aliphatic rings. The van der Waals surface area contributed by atoms with Gasteiger partial charge < -0.3 is 16.4 Å². The molecule has 0 aliphatic heterocycles. The van der Waals surface area contributed by atoms with Crippen molar-refractivity contribution in [3.05, 3.63) is 6.07 Å². The van der Waals surface area contributed by atoms with Gasteiger partial charge in [-0.1, -0.05) is 0 Å². The summed E-state index contributed by atoms with van der Waals surface area (Å²) in [6.45, 7) is 0.600. The minimum absolute atomic E-state index is 0.210. The number of nitrogens with two attached hydrogens (primary N) is 1. The number of nitrogens with zero attached hydrogens (tertiary/aromatic N) is 2. The highest BCUT2D eigenvalue weighted by atomic mass is 32.2. The molecule has 0 spiro atoms. The van der Waals surface area contributed by atoms with Crippen molar-refractivity contribution in [2.24, 2.45) is 0 Å². The predicted molar refractivity (Wildman–Crippen MR) is 63.4 cm³/mol. The average Bonchev–Trinajstić information content (AvgIpc) is 2.16. The van der Waals surface area contributed by atoms with Crippen LogP contribution in [0.15, 0.2) is 6.07 Å². The molecule has 0 amide bonds. The van der Waals surface area contributed by atoms with Gasteiger partial charge in [-0.05, 0) is 0 Å². The van der Waals surface area contributed by atoms with Crippen LogP contribution in [-0.2, 0) is 10.8 Å². The van der Waals surface area contributed by atoms with Crippen molar-refractivity contribution < 1.29 is 4.21 Å². The van der Waals surface area contributed by atoms with E-state index in [1.54, 1.807) is 19.4 Å². The highest BCUT2D eigenvalue weighted by Gasteiger charge is 2.00. The lowest BCUT2D eigenvalue weighted by Crippen LogP contribution is -2.12. The van der Waals surface area contributed by atoms with Crippen molar-refractivity contribution in [2.45, 2.75) is 0 Å². The molecule has 84 valence electrons. The van der Waals surface area contributed by atoms with Crippen LogP contribution in [0, 0.1) is 0 Å².